The van der Waals surface area contributed by atoms with Crippen molar-refractivity contribution in [1.82, 2.24) is 0 Å². The monoisotopic (exact) mass is 254 g/mol. The lowest BCUT2D eigenvalue weighted by molar-refractivity contribution is 0.0967. The van der Waals surface area contributed by atoms with Crippen LogP contribution in [0.25, 0.3) is 0 Å². The summed E-state index contributed by atoms with van der Waals surface area (Å²) >= 11 is 0. The van der Waals surface area contributed by atoms with Gasteiger partial charge < -0.3 is 14.6 Å². The van der Waals surface area contributed by atoms with Gasteiger partial charge in [0.2, 0.25) is 0 Å². The Morgan fingerprint density at radius 2 is 1.83 bits per heavy atom. The van der Waals surface area contributed by atoms with Crippen LogP contribution in [0.4, 0.5) is 0 Å². The van der Waals surface area contributed by atoms with Crippen LogP contribution in [-0.2, 0) is 9.47 Å². The van der Waals surface area contributed by atoms with Crippen molar-refractivity contribution >= 4 is 0 Å². The van der Waals surface area contributed by atoms with Gasteiger partial charge in [-0.2, -0.15) is 0 Å². The van der Waals surface area contributed by atoms with E-state index in [4.69, 9.17) is 9.47 Å². The summed E-state index contributed by atoms with van der Waals surface area (Å²) in [6.07, 6.45) is 6.00. The number of rotatable bonds is 7. The Morgan fingerprint density at radius 1 is 1.22 bits per heavy atom. The van der Waals surface area contributed by atoms with E-state index in [2.05, 4.69) is 27.4 Å². The molecule has 0 radical (unpaired) electrons. The molecule has 2 aliphatic heterocycles. The van der Waals surface area contributed by atoms with Gasteiger partial charge in [-0.3, -0.25) is 0 Å². The Balaban J connectivity index is 1.67. The summed E-state index contributed by atoms with van der Waals surface area (Å²) in [7, 11) is 0. The fourth-order valence-electron chi connectivity index (χ4n) is 2.56. The van der Waals surface area contributed by atoms with Crippen molar-refractivity contribution in [3.05, 3.63) is 12.7 Å². The molecule has 3 nitrogen and oxygen atoms in total. The number of ether oxygens (including phenoxy) is 2. The van der Waals surface area contributed by atoms with Crippen LogP contribution < -0.4 is 0 Å². The van der Waals surface area contributed by atoms with E-state index in [1.165, 1.54) is 0 Å². The zero-order valence-electron chi connectivity index (χ0n) is 12.0. The van der Waals surface area contributed by atoms with Gasteiger partial charge in [-0.1, -0.05) is 6.08 Å². The fourth-order valence-corrected chi connectivity index (χ4v) is 2.56. The molecule has 0 spiro atoms. The van der Waals surface area contributed by atoms with Crippen molar-refractivity contribution in [3.8, 4) is 0 Å². The van der Waals surface area contributed by atoms with Crippen LogP contribution in [-0.4, -0.2) is 34.1 Å². The maximum atomic E-state index is 9.87. The molecule has 0 aromatic carbocycles. The van der Waals surface area contributed by atoms with Crippen molar-refractivity contribution in [2.24, 2.45) is 0 Å². The molecule has 2 aliphatic rings. The highest BCUT2D eigenvalue weighted by Gasteiger charge is 2.54. The highest BCUT2D eigenvalue weighted by molar-refractivity contribution is 5.04. The Kier molecular flexibility index (Phi) is 3.37. The lowest BCUT2D eigenvalue weighted by atomic mass is 9.92. The predicted octanol–water partition coefficient (Wildman–Crippen LogP) is 2.82. The molecule has 0 amide bonds. The summed E-state index contributed by atoms with van der Waals surface area (Å²) in [6, 6.07) is 0. The van der Waals surface area contributed by atoms with Gasteiger partial charge in [0.05, 0.1) is 29.0 Å². The van der Waals surface area contributed by atoms with E-state index in [1.807, 2.05) is 0 Å². The zero-order chi connectivity index (χ0) is 13.6. The maximum Gasteiger partial charge on any atom is 0.0921 e. The Labute approximate surface area is 110 Å². The van der Waals surface area contributed by atoms with E-state index in [0.717, 1.165) is 19.3 Å². The molecule has 2 saturated heterocycles. The van der Waals surface area contributed by atoms with Crippen LogP contribution in [0.3, 0.4) is 0 Å². The van der Waals surface area contributed by atoms with Crippen molar-refractivity contribution in [3.63, 3.8) is 0 Å². The standard InChI is InChI=1S/C15H26O3/c1-6-14(4,16)9-7-12-15(5,18-12)10-8-11-13(2,3)17-11/h6,11-12,16H,1,7-10H2,2-5H3/t11-,12-,14-,15-/m0/s1. The van der Waals surface area contributed by atoms with E-state index >= 15 is 0 Å². The van der Waals surface area contributed by atoms with Gasteiger partial charge in [0.15, 0.2) is 0 Å². The second kappa shape index (κ2) is 4.32. The SMILES string of the molecule is C=C[C@](C)(O)CC[C@@H]1O[C@@]1(C)CC[C@@H]1OC1(C)C. The molecule has 104 valence electrons. The van der Waals surface area contributed by atoms with Crippen LogP contribution in [0.1, 0.15) is 53.4 Å². The van der Waals surface area contributed by atoms with E-state index in [1.54, 1.807) is 13.0 Å². The van der Waals surface area contributed by atoms with Gasteiger partial charge in [-0.25, -0.2) is 0 Å². The van der Waals surface area contributed by atoms with E-state index in [-0.39, 0.29) is 17.3 Å². The minimum absolute atomic E-state index is 0.000714. The molecule has 0 unspecified atom stereocenters. The fraction of sp³-hybridized carbons (Fsp3) is 0.867. The van der Waals surface area contributed by atoms with Crippen molar-refractivity contribution in [2.75, 3.05) is 0 Å². The van der Waals surface area contributed by atoms with Gasteiger partial charge in [-0.15, -0.1) is 6.58 Å². The highest BCUT2D eigenvalue weighted by atomic mass is 16.6. The molecule has 4 atom stereocenters. The summed E-state index contributed by atoms with van der Waals surface area (Å²) in [4.78, 5) is 0. The molecule has 0 bridgehead atoms. The molecule has 0 aliphatic carbocycles. The summed E-state index contributed by atoms with van der Waals surface area (Å²) in [6.45, 7) is 11.9. The third-order valence-corrected chi connectivity index (χ3v) is 4.45. The second-order valence-electron chi connectivity index (χ2n) is 6.77. The summed E-state index contributed by atoms with van der Waals surface area (Å²) in [5, 5.41) is 9.87. The lowest BCUT2D eigenvalue weighted by Crippen LogP contribution is -2.22. The van der Waals surface area contributed by atoms with E-state index in [9.17, 15) is 5.11 Å². The first-order valence-electron chi connectivity index (χ1n) is 6.90. The van der Waals surface area contributed by atoms with E-state index < -0.39 is 5.60 Å². The van der Waals surface area contributed by atoms with Crippen molar-refractivity contribution in [1.29, 1.82) is 0 Å². The molecule has 2 heterocycles. The Morgan fingerprint density at radius 3 is 2.33 bits per heavy atom. The maximum absolute atomic E-state index is 9.87. The third kappa shape index (κ3) is 3.14. The highest BCUT2D eigenvalue weighted by Crippen LogP contribution is 2.47. The topological polar surface area (TPSA) is 45.3 Å². The molecule has 0 aromatic rings. The molecule has 1 N–H and O–H groups in total. The van der Waals surface area contributed by atoms with Gasteiger partial charge in [0, 0.05) is 0 Å². The lowest BCUT2D eigenvalue weighted by Gasteiger charge is -2.17. The minimum atomic E-state index is -0.769. The summed E-state index contributed by atoms with van der Waals surface area (Å²) in [5.74, 6) is 0. The van der Waals surface area contributed by atoms with Crippen molar-refractivity contribution in [2.45, 2.75) is 82.4 Å². The van der Waals surface area contributed by atoms with Gasteiger partial charge >= 0.3 is 0 Å². The van der Waals surface area contributed by atoms with E-state index in [0.29, 0.717) is 12.5 Å². The molecule has 3 heteroatoms. The first-order valence-corrected chi connectivity index (χ1v) is 6.90. The molecule has 2 fully saturated rings. The number of hydrogen-bond acceptors (Lipinski definition) is 3. The quantitative estimate of drug-likeness (QED) is 0.561. The van der Waals surface area contributed by atoms with Crippen molar-refractivity contribution < 1.29 is 14.6 Å². The number of epoxide rings is 2. The number of hydrogen-bond donors (Lipinski definition) is 1. The molecule has 0 saturated carbocycles. The van der Waals surface area contributed by atoms with Crippen LogP contribution in [0.2, 0.25) is 0 Å². The average Bonchev–Trinajstić information content (AvgIpc) is 3.11. The first kappa shape index (κ1) is 14.0. The molecule has 18 heavy (non-hydrogen) atoms. The zero-order valence-corrected chi connectivity index (χ0v) is 12.0. The van der Waals surface area contributed by atoms with Crippen LogP contribution in [0.15, 0.2) is 12.7 Å². The molecule has 0 aromatic heterocycles. The average molecular weight is 254 g/mol. The van der Waals surface area contributed by atoms with Crippen LogP contribution >= 0.6 is 0 Å². The minimum Gasteiger partial charge on any atom is -0.386 e. The van der Waals surface area contributed by atoms with Gasteiger partial charge in [0.25, 0.3) is 0 Å². The molecular formula is C15H26O3. The first-order chi connectivity index (χ1) is 8.19. The molecular weight excluding hydrogens is 228 g/mol. The summed E-state index contributed by atoms with van der Waals surface area (Å²) < 4.78 is 11.4. The second-order valence-corrected chi connectivity index (χ2v) is 6.77. The van der Waals surface area contributed by atoms with Gasteiger partial charge in [-0.05, 0) is 53.4 Å². The number of aliphatic hydroxyl groups is 1. The molecule has 2 rings (SSSR count). The largest absolute Gasteiger partial charge is 0.386 e. The smallest absolute Gasteiger partial charge is 0.0921 e. The third-order valence-electron chi connectivity index (χ3n) is 4.45. The Hall–Kier alpha value is -0.380. The normalized spacial score (nSPS) is 40.1. The summed E-state index contributed by atoms with van der Waals surface area (Å²) in [5.41, 5.74) is -0.693. The van der Waals surface area contributed by atoms with Crippen LogP contribution in [0.5, 0.6) is 0 Å². The van der Waals surface area contributed by atoms with Crippen LogP contribution in [0, 0.1) is 0 Å². The van der Waals surface area contributed by atoms with Gasteiger partial charge in [0.1, 0.15) is 0 Å². The Bertz CT molecular complexity index is 335. The predicted molar refractivity (Wildman–Crippen MR) is 71.5 cm³/mol.